The normalized spacial score (nSPS) is 9.89. The number of benzene rings is 1. The zero-order valence-electron chi connectivity index (χ0n) is 10.0. The van der Waals surface area contributed by atoms with Gasteiger partial charge < -0.3 is 15.4 Å². The van der Waals surface area contributed by atoms with Gasteiger partial charge in [0, 0.05) is 17.3 Å². The van der Waals surface area contributed by atoms with Gasteiger partial charge in [0.05, 0.1) is 20.1 Å². The van der Waals surface area contributed by atoms with Gasteiger partial charge in [-0.3, -0.25) is 9.59 Å². The topological polar surface area (TPSA) is 67.4 Å². The van der Waals surface area contributed by atoms with E-state index in [0.717, 1.165) is 0 Å². The lowest BCUT2D eigenvalue weighted by Crippen LogP contribution is -2.29. The van der Waals surface area contributed by atoms with Crippen LogP contribution in [0.25, 0.3) is 0 Å². The standard InChI is InChI=1S/C12H15ClN2O3/c1-18-12(17)6-7-14-8-11(16)15-10-4-2-9(13)3-5-10/h2-5,14H,6-8H2,1H3,(H,15,16). The molecule has 0 aliphatic carbocycles. The van der Waals surface area contributed by atoms with E-state index >= 15 is 0 Å². The molecule has 0 heterocycles. The van der Waals surface area contributed by atoms with Crippen molar-refractivity contribution in [2.75, 3.05) is 25.5 Å². The zero-order chi connectivity index (χ0) is 13.4. The molecule has 0 saturated heterocycles. The van der Waals surface area contributed by atoms with Gasteiger partial charge in [-0.05, 0) is 24.3 Å². The Morgan fingerprint density at radius 3 is 2.56 bits per heavy atom. The monoisotopic (exact) mass is 270 g/mol. The summed E-state index contributed by atoms with van der Waals surface area (Å²) in [7, 11) is 1.33. The van der Waals surface area contributed by atoms with Gasteiger partial charge in [-0.1, -0.05) is 11.6 Å². The molecule has 0 saturated carbocycles. The van der Waals surface area contributed by atoms with Gasteiger partial charge in [0.2, 0.25) is 5.91 Å². The molecule has 1 amide bonds. The smallest absolute Gasteiger partial charge is 0.306 e. The highest BCUT2D eigenvalue weighted by molar-refractivity contribution is 6.30. The van der Waals surface area contributed by atoms with Crippen LogP contribution in [0.15, 0.2) is 24.3 Å². The Balaban J connectivity index is 2.21. The van der Waals surface area contributed by atoms with Crippen LogP contribution >= 0.6 is 11.6 Å². The van der Waals surface area contributed by atoms with E-state index in [9.17, 15) is 9.59 Å². The predicted octanol–water partition coefficient (Wildman–Crippen LogP) is 1.43. The van der Waals surface area contributed by atoms with Gasteiger partial charge >= 0.3 is 5.97 Å². The first kappa shape index (κ1) is 14.5. The Hall–Kier alpha value is -1.59. The van der Waals surface area contributed by atoms with E-state index in [1.54, 1.807) is 24.3 Å². The van der Waals surface area contributed by atoms with E-state index in [1.807, 2.05) is 0 Å². The maximum absolute atomic E-state index is 11.5. The van der Waals surface area contributed by atoms with Crippen LogP contribution in [-0.2, 0) is 14.3 Å². The molecule has 0 aliphatic rings. The van der Waals surface area contributed by atoms with Gasteiger partial charge in [-0.2, -0.15) is 0 Å². The Morgan fingerprint density at radius 2 is 1.94 bits per heavy atom. The number of carbonyl (C=O) groups excluding carboxylic acids is 2. The molecule has 2 N–H and O–H groups in total. The van der Waals surface area contributed by atoms with E-state index in [-0.39, 0.29) is 24.8 Å². The number of nitrogens with one attached hydrogen (secondary N) is 2. The number of methoxy groups -OCH3 is 1. The van der Waals surface area contributed by atoms with Crippen molar-refractivity contribution in [3.05, 3.63) is 29.3 Å². The minimum Gasteiger partial charge on any atom is -0.469 e. The molecule has 0 aromatic heterocycles. The van der Waals surface area contributed by atoms with Crippen molar-refractivity contribution in [1.29, 1.82) is 0 Å². The Morgan fingerprint density at radius 1 is 1.28 bits per heavy atom. The van der Waals surface area contributed by atoms with Gasteiger partial charge in [-0.15, -0.1) is 0 Å². The second-order valence-corrected chi connectivity index (χ2v) is 3.99. The third kappa shape index (κ3) is 5.65. The lowest BCUT2D eigenvalue weighted by molar-refractivity contribution is -0.140. The number of hydrogen-bond acceptors (Lipinski definition) is 4. The number of hydrogen-bond donors (Lipinski definition) is 2. The summed E-state index contributed by atoms with van der Waals surface area (Å²) in [5.74, 6) is -0.484. The first-order chi connectivity index (χ1) is 8.61. The first-order valence-corrected chi connectivity index (χ1v) is 5.82. The molecule has 0 radical (unpaired) electrons. The number of ether oxygens (including phenoxy) is 1. The fourth-order valence-electron chi connectivity index (χ4n) is 1.23. The number of halogens is 1. The van der Waals surface area contributed by atoms with Crippen molar-refractivity contribution in [3.8, 4) is 0 Å². The summed E-state index contributed by atoms with van der Waals surface area (Å²) in [6, 6.07) is 6.83. The number of esters is 1. The molecule has 0 bridgehead atoms. The molecular formula is C12H15ClN2O3. The van der Waals surface area contributed by atoms with Crippen LogP contribution in [0.3, 0.4) is 0 Å². The molecule has 18 heavy (non-hydrogen) atoms. The van der Waals surface area contributed by atoms with Gasteiger partial charge in [0.15, 0.2) is 0 Å². The number of amides is 1. The summed E-state index contributed by atoms with van der Waals surface area (Å²) in [4.78, 5) is 22.3. The Kier molecular flexibility index (Phi) is 6.18. The summed E-state index contributed by atoms with van der Waals surface area (Å²) in [5, 5.41) is 6.15. The molecule has 98 valence electrons. The van der Waals surface area contributed by atoms with Crippen LogP contribution in [0.4, 0.5) is 5.69 Å². The first-order valence-electron chi connectivity index (χ1n) is 5.45. The minimum atomic E-state index is -0.305. The largest absolute Gasteiger partial charge is 0.469 e. The maximum Gasteiger partial charge on any atom is 0.306 e. The number of rotatable bonds is 6. The Bertz CT molecular complexity index is 406. The number of carbonyl (C=O) groups is 2. The molecule has 1 rings (SSSR count). The SMILES string of the molecule is COC(=O)CCNCC(=O)Nc1ccc(Cl)cc1. The molecule has 0 spiro atoms. The molecule has 0 unspecified atom stereocenters. The average molecular weight is 271 g/mol. The van der Waals surface area contributed by atoms with E-state index < -0.39 is 0 Å². The van der Waals surface area contributed by atoms with Crippen LogP contribution in [0.1, 0.15) is 6.42 Å². The highest BCUT2D eigenvalue weighted by Crippen LogP contribution is 2.12. The quantitative estimate of drug-likeness (QED) is 0.606. The van der Waals surface area contributed by atoms with Crippen LogP contribution in [-0.4, -0.2) is 32.1 Å². The highest BCUT2D eigenvalue weighted by Gasteiger charge is 2.03. The molecule has 1 aromatic carbocycles. The zero-order valence-corrected chi connectivity index (χ0v) is 10.8. The fourth-order valence-corrected chi connectivity index (χ4v) is 1.36. The minimum absolute atomic E-state index is 0.139. The summed E-state index contributed by atoms with van der Waals surface area (Å²) in [6.07, 6.45) is 0.241. The van der Waals surface area contributed by atoms with E-state index in [4.69, 9.17) is 11.6 Å². The maximum atomic E-state index is 11.5. The van der Waals surface area contributed by atoms with Crippen molar-refractivity contribution in [1.82, 2.24) is 5.32 Å². The van der Waals surface area contributed by atoms with Gasteiger partial charge in [0.1, 0.15) is 0 Å². The van der Waals surface area contributed by atoms with Crippen molar-refractivity contribution in [2.45, 2.75) is 6.42 Å². The van der Waals surface area contributed by atoms with Crippen LogP contribution < -0.4 is 10.6 Å². The summed E-state index contributed by atoms with van der Waals surface area (Å²) in [5.41, 5.74) is 0.680. The number of anilines is 1. The predicted molar refractivity (Wildman–Crippen MR) is 69.6 cm³/mol. The summed E-state index contributed by atoms with van der Waals surface area (Å²) < 4.78 is 4.47. The van der Waals surface area contributed by atoms with E-state index in [1.165, 1.54) is 7.11 Å². The van der Waals surface area contributed by atoms with Crippen LogP contribution in [0.5, 0.6) is 0 Å². The van der Waals surface area contributed by atoms with E-state index in [0.29, 0.717) is 17.3 Å². The molecular weight excluding hydrogens is 256 g/mol. The van der Waals surface area contributed by atoms with Crippen LogP contribution in [0.2, 0.25) is 5.02 Å². The van der Waals surface area contributed by atoms with Crippen molar-refractivity contribution in [2.24, 2.45) is 0 Å². The Labute approximate surface area is 110 Å². The molecule has 0 fully saturated rings. The highest BCUT2D eigenvalue weighted by atomic mass is 35.5. The second-order valence-electron chi connectivity index (χ2n) is 3.56. The van der Waals surface area contributed by atoms with Crippen molar-refractivity contribution < 1.29 is 14.3 Å². The van der Waals surface area contributed by atoms with E-state index in [2.05, 4.69) is 15.4 Å². The van der Waals surface area contributed by atoms with Crippen molar-refractivity contribution in [3.63, 3.8) is 0 Å². The van der Waals surface area contributed by atoms with Gasteiger partial charge in [0.25, 0.3) is 0 Å². The summed E-state index contributed by atoms with van der Waals surface area (Å²) in [6.45, 7) is 0.542. The third-order valence-corrected chi connectivity index (χ3v) is 2.40. The average Bonchev–Trinajstić information content (AvgIpc) is 2.37. The van der Waals surface area contributed by atoms with Gasteiger partial charge in [-0.25, -0.2) is 0 Å². The molecule has 1 aromatic rings. The third-order valence-electron chi connectivity index (χ3n) is 2.15. The molecule has 6 heteroatoms. The molecule has 0 atom stereocenters. The van der Waals surface area contributed by atoms with Crippen LogP contribution in [0, 0.1) is 0 Å². The molecule has 5 nitrogen and oxygen atoms in total. The molecule has 0 aliphatic heterocycles. The summed E-state index contributed by atoms with van der Waals surface area (Å²) >= 11 is 5.73. The lowest BCUT2D eigenvalue weighted by Gasteiger charge is -2.06. The van der Waals surface area contributed by atoms with Crippen molar-refractivity contribution >= 4 is 29.2 Å². The fraction of sp³-hybridized carbons (Fsp3) is 0.333. The second kappa shape index (κ2) is 7.68. The lowest BCUT2D eigenvalue weighted by atomic mass is 10.3.